The summed E-state index contributed by atoms with van der Waals surface area (Å²) in [6, 6.07) is 0. The molecule has 1 N–H and O–H groups in total. The molecule has 0 fully saturated rings. The van der Waals surface area contributed by atoms with Crippen molar-refractivity contribution in [3.05, 3.63) is 36.4 Å². The number of carboxylic acids is 1. The summed E-state index contributed by atoms with van der Waals surface area (Å²) in [5, 5.41) is 8.39. The number of ether oxygens (including phenoxy) is 1. The van der Waals surface area contributed by atoms with Crippen LogP contribution in [0.3, 0.4) is 0 Å². The number of carbonyl (C=O) groups excluding carboxylic acids is 1. The van der Waals surface area contributed by atoms with Crippen LogP contribution >= 0.6 is 0 Å². The fourth-order valence-corrected chi connectivity index (χ4v) is 1.45. The Balaban J connectivity index is 0.000000235. The maximum Gasteiger partial charge on any atom is 0.357 e. The van der Waals surface area contributed by atoms with Crippen LogP contribution < -0.4 is 0 Å². The smallest absolute Gasteiger partial charge is 0.357 e. The Morgan fingerprint density at radius 1 is 1.05 bits per heavy atom. The largest absolute Gasteiger partial charge is 0.477 e. The monoisotopic (exact) mass is 308 g/mol. The second kappa shape index (κ2) is 6.88. The fraction of sp³-hybridized carbons (Fsp3) is 0.429. The first-order valence-corrected chi connectivity index (χ1v) is 6.51. The van der Waals surface area contributed by atoms with Gasteiger partial charge in [0, 0.05) is 14.1 Å². The lowest BCUT2D eigenvalue weighted by molar-refractivity contribution is 0.00587. The molecule has 0 amide bonds. The molecule has 2 rings (SSSR count). The molecule has 8 nitrogen and oxygen atoms in total. The standard InChI is InChI=1S/C9H14N2O2.C5H6N2O2/c1-9(2,3)13-8(12)7-5-10-6-11(7)4;1-7-3-6-2-4(7)5(8)9/h5-6H,1-4H3;2-3H,1H3,(H,8,9). The number of rotatable bonds is 2. The average molecular weight is 308 g/mol. The van der Waals surface area contributed by atoms with Gasteiger partial charge < -0.3 is 19.0 Å². The Kier molecular flexibility index (Phi) is 5.44. The van der Waals surface area contributed by atoms with E-state index in [-0.39, 0.29) is 11.7 Å². The minimum absolute atomic E-state index is 0.204. The summed E-state index contributed by atoms with van der Waals surface area (Å²) in [4.78, 5) is 29.1. The Morgan fingerprint density at radius 2 is 1.50 bits per heavy atom. The molecule has 0 saturated carbocycles. The van der Waals surface area contributed by atoms with Gasteiger partial charge in [-0.1, -0.05) is 0 Å². The van der Waals surface area contributed by atoms with E-state index in [2.05, 4.69) is 9.97 Å². The van der Waals surface area contributed by atoms with Crippen LogP contribution in [-0.4, -0.2) is 41.7 Å². The molecule has 0 aromatic carbocycles. The van der Waals surface area contributed by atoms with E-state index in [4.69, 9.17) is 9.84 Å². The number of carbonyl (C=O) groups is 2. The highest BCUT2D eigenvalue weighted by Crippen LogP contribution is 2.10. The summed E-state index contributed by atoms with van der Waals surface area (Å²) >= 11 is 0. The molecule has 22 heavy (non-hydrogen) atoms. The zero-order valence-electron chi connectivity index (χ0n) is 13.3. The van der Waals surface area contributed by atoms with Crippen molar-refractivity contribution in [3.8, 4) is 0 Å². The van der Waals surface area contributed by atoms with Crippen LogP contribution in [0.1, 0.15) is 41.7 Å². The van der Waals surface area contributed by atoms with Gasteiger partial charge in [-0.3, -0.25) is 0 Å². The molecular formula is C14H20N4O4. The third kappa shape index (κ3) is 5.04. The molecule has 2 heterocycles. The van der Waals surface area contributed by atoms with Crippen LogP contribution in [-0.2, 0) is 18.8 Å². The lowest BCUT2D eigenvalue weighted by atomic mass is 10.2. The van der Waals surface area contributed by atoms with Crippen molar-refractivity contribution in [2.24, 2.45) is 14.1 Å². The van der Waals surface area contributed by atoms with Crippen LogP contribution in [0.5, 0.6) is 0 Å². The fourth-order valence-electron chi connectivity index (χ4n) is 1.45. The minimum atomic E-state index is -0.949. The van der Waals surface area contributed by atoms with Crippen LogP contribution in [0.25, 0.3) is 0 Å². The molecule has 2 aromatic heterocycles. The van der Waals surface area contributed by atoms with Crippen molar-refractivity contribution in [1.29, 1.82) is 0 Å². The van der Waals surface area contributed by atoms with Crippen LogP contribution in [0.15, 0.2) is 25.0 Å². The van der Waals surface area contributed by atoms with Gasteiger partial charge in [0.05, 0.1) is 25.0 Å². The van der Waals surface area contributed by atoms with Crippen molar-refractivity contribution in [3.63, 3.8) is 0 Å². The molecule has 0 aliphatic carbocycles. The number of aryl methyl sites for hydroxylation is 2. The quantitative estimate of drug-likeness (QED) is 0.844. The van der Waals surface area contributed by atoms with Crippen LogP contribution in [0.2, 0.25) is 0 Å². The summed E-state index contributed by atoms with van der Waals surface area (Å²) < 4.78 is 8.24. The van der Waals surface area contributed by atoms with Gasteiger partial charge in [-0.15, -0.1) is 0 Å². The van der Waals surface area contributed by atoms with Gasteiger partial charge >= 0.3 is 11.9 Å². The third-order valence-corrected chi connectivity index (χ3v) is 2.46. The molecule has 0 aliphatic heterocycles. The van der Waals surface area contributed by atoms with E-state index in [9.17, 15) is 9.59 Å². The summed E-state index contributed by atoms with van der Waals surface area (Å²) in [5.74, 6) is -1.29. The SMILES string of the molecule is Cn1cncc1C(=O)O.Cn1cncc1C(=O)OC(C)(C)C. The second-order valence-corrected chi connectivity index (χ2v) is 5.59. The number of esters is 1. The van der Waals surface area contributed by atoms with E-state index >= 15 is 0 Å². The van der Waals surface area contributed by atoms with E-state index in [0.29, 0.717) is 5.69 Å². The van der Waals surface area contributed by atoms with E-state index in [0.717, 1.165) is 0 Å². The topological polar surface area (TPSA) is 99.2 Å². The van der Waals surface area contributed by atoms with Gasteiger partial charge in [0.15, 0.2) is 0 Å². The van der Waals surface area contributed by atoms with Crippen molar-refractivity contribution in [2.45, 2.75) is 26.4 Å². The number of carboxylic acid groups (broad SMARTS) is 1. The first-order chi connectivity index (χ1) is 10.1. The molecule has 0 bridgehead atoms. The summed E-state index contributed by atoms with van der Waals surface area (Å²) in [5.41, 5.74) is 0.214. The summed E-state index contributed by atoms with van der Waals surface area (Å²) in [6.45, 7) is 5.50. The normalized spacial score (nSPS) is 10.6. The Hall–Kier alpha value is -2.64. The van der Waals surface area contributed by atoms with Crippen LogP contribution in [0, 0.1) is 0 Å². The maximum atomic E-state index is 11.5. The number of hydrogen-bond acceptors (Lipinski definition) is 5. The Morgan fingerprint density at radius 3 is 1.77 bits per heavy atom. The van der Waals surface area contributed by atoms with Crippen molar-refractivity contribution in [2.75, 3.05) is 0 Å². The third-order valence-electron chi connectivity index (χ3n) is 2.46. The molecule has 0 saturated heterocycles. The summed E-state index contributed by atoms with van der Waals surface area (Å²) in [7, 11) is 3.39. The van der Waals surface area contributed by atoms with E-state index < -0.39 is 11.6 Å². The maximum absolute atomic E-state index is 11.5. The number of hydrogen-bond donors (Lipinski definition) is 1. The van der Waals surface area contributed by atoms with Gasteiger partial charge in [0.2, 0.25) is 0 Å². The van der Waals surface area contributed by atoms with E-state index in [1.807, 2.05) is 20.8 Å². The predicted molar refractivity (Wildman–Crippen MR) is 78.5 cm³/mol. The van der Waals surface area contributed by atoms with Crippen molar-refractivity contribution in [1.82, 2.24) is 19.1 Å². The van der Waals surface area contributed by atoms with Gasteiger partial charge in [0.25, 0.3) is 0 Å². The van der Waals surface area contributed by atoms with Gasteiger partial charge in [-0.05, 0) is 20.8 Å². The average Bonchev–Trinajstić information content (AvgIpc) is 2.96. The van der Waals surface area contributed by atoms with Gasteiger partial charge in [-0.25, -0.2) is 19.6 Å². The van der Waals surface area contributed by atoms with E-state index in [1.54, 1.807) is 25.0 Å². The minimum Gasteiger partial charge on any atom is -0.477 e. The lowest BCUT2D eigenvalue weighted by Gasteiger charge is -2.19. The molecule has 0 radical (unpaired) electrons. The summed E-state index contributed by atoms with van der Waals surface area (Å²) in [6.07, 6.45) is 5.82. The Bertz CT molecular complexity index is 652. The molecule has 0 unspecified atom stereocenters. The number of aromatic nitrogens is 4. The molecule has 0 atom stereocenters. The van der Waals surface area contributed by atoms with Crippen molar-refractivity contribution < 1.29 is 19.4 Å². The lowest BCUT2D eigenvalue weighted by Crippen LogP contribution is -2.25. The van der Waals surface area contributed by atoms with Crippen LogP contribution in [0.4, 0.5) is 0 Å². The molecule has 120 valence electrons. The number of aromatic carboxylic acids is 1. The zero-order chi connectivity index (χ0) is 16.9. The highest BCUT2D eigenvalue weighted by atomic mass is 16.6. The highest BCUT2D eigenvalue weighted by molar-refractivity contribution is 5.87. The van der Waals surface area contributed by atoms with E-state index in [1.165, 1.54) is 23.3 Å². The Labute approximate surface area is 128 Å². The highest BCUT2D eigenvalue weighted by Gasteiger charge is 2.19. The van der Waals surface area contributed by atoms with Crippen molar-refractivity contribution >= 4 is 11.9 Å². The molecule has 0 aliphatic rings. The second-order valence-electron chi connectivity index (χ2n) is 5.59. The van der Waals surface area contributed by atoms with Gasteiger partial charge in [-0.2, -0.15) is 0 Å². The molecule has 2 aromatic rings. The molecular weight excluding hydrogens is 288 g/mol. The molecule has 0 spiro atoms. The zero-order valence-corrected chi connectivity index (χ0v) is 13.3. The first-order valence-electron chi connectivity index (χ1n) is 6.51. The first kappa shape index (κ1) is 17.4. The van der Waals surface area contributed by atoms with Gasteiger partial charge in [0.1, 0.15) is 17.0 Å². The number of nitrogens with zero attached hydrogens (tertiary/aromatic N) is 4. The molecule has 8 heteroatoms. The predicted octanol–water partition coefficient (Wildman–Crippen LogP) is 1.49. The number of imidazole rings is 2.